The van der Waals surface area contributed by atoms with Crippen molar-refractivity contribution in [2.24, 2.45) is 0 Å². The number of hydrogen-bond acceptors (Lipinski definition) is 8. The molecule has 2 aliphatic rings. The van der Waals surface area contributed by atoms with Crippen LogP contribution in [-0.4, -0.2) is 55.9 Å². The van der Waals surface area contributed by atoms with E-state index in [1.54, 1.807) is 0 Å². The van der Waals surface area contributed by atoms with Gasteiger partial charge in [0.2, 0.25) is 0 Å². The van der Waals surface area contributed by atoms with Crippen molar-refractivity contribution in [1.29, 1.82) is 5.26 Å². The zero-order valence-corrected chi connectivity index (χ0v) is 13.7. The molecule has 0 bridgehead atoms. The zero-order valence-electron chi connectivity index (χ0n) is 15.0. The summed E-state index contributed by atoms with van der Waals surface area (Å²) in [7, 11) is 0. The molecule has 0 spiro atoms. The normalized spacial score (nSPS) is 43.0. The van der Waals surface area contributed by atoms with Crippen LogP contribution >= 0.6 is 6.72 Å². The standard InChI is InChI=1S/C13H22NO6PS/c1-10-12(4-8-16-10)20-21(22,18-6-2-5-14)19-9-13-11(15)3-7-17-13/h10-13,15H,2-4,6-9H2,1H3/t10-,11?,12?,13-,21?/m1/s1/i1D,7T,8T/t7-,8-,10-,11?,12?,13-,21?. The Hall–Kier alpha value is -0.100. The van der Waals surface area contributed by atoms with Crippen molar-refractivity contribution in [3.05, 3.63) is 0 Å². The number of nitrogens with zero attached hydrogens (tertiary/aromatic N) is 1. The lowest BCUT2D eigenvalue weighted by Crippen LogP contribution is -2.27. The lowest BCUT2D eigenvalue weighted by Gasteiger charge is -2.27. The van der Waals surface area contributed by atoms with Crippen LogP contribution in [0.5, 0.6) is 0 Å². The molecule has 7 atom stereocenters. The summed E-state index contributed by atoms with van der Waals surface area (Å²) < 4.78 is 50.0. The van der Waals surface area contributed by atoms with Crippen molar-refractivity contribution in [3.63, 3.8) is 0 Å². The topological polar surface area (TPSA) is 90.2 Å². The number of ether oxygens (including phenoxy) is 2. The van der Waals surface area contributed by atoms with Crippen molar-refractivity contribution < 1.29 is 32.3 Å². The van der Waals surface area contributed by atoms with Gasteiger partial charge in [-0.3, -0.25) is 0 Å². The van der Waals surface area contributed by atoms with Gasteiger partial charge >= 0.3 is 6.72 Å². The minimum absolute atomic E-state index is 0.0202. The van der Waals surface area contributed by atoms with E-state index in [4.69, 9.17) is 44.2 Å². The summed E-state index contributed by atoms with van der Waals surface area (Å²) >= 11 is 5.37. The second kappa shape index (κ2) is 8.67. The highest BCUT2D eigenvalue weighted by Crippen LogP contribution is 2.52. The molecule has 22 heavy (non-hydrogen) atoms. The summed E-state index contributed by atoms with van der Waals surface area (Å²) in [6, 6.07) is 1.93. The van der Waals surface area contributed by atoms with Gasteiger partial charge in [0.25, 0.3) is 0 Å². The average Bonchev–Trinajstić information content (AvgIpc) is 3.06. The van der Waals surface area contributed by atoms with Gasteiger partial charge in [0, 0.05) is 21.0 Å². The monoisotopic (exact) mass is 356 g/mol. The largest absolute Gasteiger partial charge is 0.390 e. The minimum Gasteiger partial charge on any atom is -0.390 e. The molecule has 3 unspecified atom stereocenters. The van der Waals surface area contributed by atoms with E-state index in [1.807, 2.05) is 6.07 Å². The zero-order chi connectivity index (χ0) is 18.4. The maximum absolute atomic E-state index is 9.83. The van der Waals surface area contributed by atoms with Crippen LogP contribution in [0.15, 0.2) is 0 Å². The molecule has 0 aromatic heterocycles. The lowest BCUT2D eigenvalue weighted by molar-refractivity contribution is -0.00375. The number of aliphatic hydroxyl groups is 1. The molecular weight excluding hydrogens is 329 g/mol. The number of rotatable bonds is 8. The Morgan fingerprint density at radius 2 is 2.32 bits per heavy atom. The van der Waals surface area contributed by atoms with Crippen molar-refractivity contribution in [3.8, 4) is 6.07 Å². The summed E-state index contributed by atoms with van der Waals surface area (Å²) in [4.78, 5) is 0. The third-order valence-corrected chi connectivity index (χ3v) is 5.56. The minimum atomic E-state index is -3.29. The highest BCUT2D eigenvalue weighted by Gasteiger charge is 2.35. The van der Waals surface area contributed by atoms with Gasteiger partial charge < -0.3 is 28.2 Å². The van der Waals surface area contributed by atoms with Crippen LogP contribution in [0.4, 0.5) is 0 Å². The SMILES string of the molecule is [2H]C[C@H]1O[C@H]([3H])CC1OP(=S)(OCCC#N)OC[C@H]1O[C@H]([3H])CC1O. The van der Waals surface area contributed by atoms with Crippen LogP contribution in [0, 0.1) is 11.3 Å². The number of hydrogen-bond donors (Lipinski definition) is 1. The van der Waals surface area contributed by atoms with E-state index in [9.17, 15) is 5.11 Å². The van der Waals surface area contributed by atoms with Gasteiger partial charge in [0.15, 0.2) is 0 Å². The molecule has 2 aliphatic heterocycles. The molecule has 0 radical (unpaired) electrons. The molecule has 1 N–H and O–H groups in total. The molecular formula is C13H22NO6PS. The van der Waals surface area contributed by atoms with Crippen LogP contribution in [0.3, 0.4) is 0 Å². The van der Waals surface area contributed by atoms with Gasteiger partial charge in [0.05, 0.1) is 46.8 Å². The van der Waals surface area contributed by atoms with Crippen LogP contribution in [-0.2, 0) is 34.9 Å². The fraction of sp³-hybridized carbons (Fsp3) is 0.923. The van der Waals surface area contributed by atoms with Gasteiger partial charge in [-0.25, -0.2) is 0 Å². The van der Waals surface area contributed by atoms with E-state index >= 15 is 0 Å². The molecule has 2 fully saturated rings. The van der Waals surface area contributed by atoms with E-state index < -0.39 is 44.3 Å². The molecule has 9 heteroatoms. The van der Waals surface area contributed by atoms with Gasteiger partial charge in [-0.15, -0.1) is 0 Å². The van der Waals surface area contributed by atoms with Crippen LogP contribution in [0.2, 0.25) is 0 Å². The van der Waals surface area contributed by atoms with Crippen molar-refractivity contribution in [2.45, 2.75) is 50.6 Å². The maximum Gasteiger partial charge on any atom is 0.327 e. The van der Waals surface area contributed by atoms with Crippen molar-refractivity contribution >= 4 is 18.5 Å². The molecule has 0 aromatic rings. The first-order chi connectivity index (χ1) is 11.9. The number of aliphatic hydroxyl groups excluding tert-OH is 1. The molecule has 7 nitrogen and oxygen atoms in total. The highest BCUT2D eigenvalue weighted by atomic mass is 32.5. The first-order valence-corrected chi connectivity index (χ1v) is 9.49. The fourth-order valence-corrected chi connectivity index (χ4v) is 4.06. The molecule has 0 saturated carbocycles. The molecule has 2 heterocycles. The van der Waals surface area contributed by atoms with Gasteiger partial charge in [-0.2, -0.15) is 5.26 Å². The van der Waals surface area contributed by atoms with Gasteiger partial charge in [-0.05, 0) is 25.1 Å². The van der Waals surface area contributed by atoms with E-state index in [0.29, 0.717) is 0 Å². The predicted octanol–water partition coefficient (Wildman–Crippen LogP) is 1.50. The fourth-order valence-electron chi connectivity index (χ4n) is 1.93. The first kappa shape index (κ1) is 14.3. The maximum atomic E-state index is 9.83. The molecule has 2 rings (SSSR count). The predicted molar refractivity (Wildman–Crippen MR) is 81.7 cm³/mol. The molecule has 2 saturated heterocycles. The number of nitriles is 1. The van der Waals surface area contributed by atoms with Crippen LogP contribution in [0.25, 0.3) is 0 Å². The first-order valence-electron chi connectivity index (χ1n) is 8.80. The second-order valence-electron chi connectivity index (χ2n) is 4.85. The quantitative estimate of drug-likeness (QED) is 0.517. The Balaban J connectivity index is 1.97. The van der Waals surface area contributed by atoms with Gasteiger partial charge in [-0.1, -0.05) is 0 Å². The molecule has 0 aliphatic carbocycles. The van der Waals surface area contributed by atoms with E-state index in [1.165, 1.54) is 0 Å². The highest BCUT2D eigenvalue weighted by molar-refractivity contribution is 8.07. The van der Waals surface area contributed by atoms with E-state index in [2.05, 4.69) is 0 Å². The summed E-state index contributed by atoms with van der Waals surface area (Å²) in [5.41, 5.74) is 0. The lowest BCUT2D eigenvalue weighted by atomic mass is 10.2. The molecule has 126 valence electrons. The second-order valence-corrected chi connectivity index (χ2v) is 7.81. The Morgan fingerprint density at radius 1 is 1.50 bits per heavy atom. The van der Waals surface area contributed by atoms with E-state index in [0.717, 1.165) is 0 Å². The Bertz CT molecular complexity index is 526. The van der Waals surface area contributed by atoms with Crippen LogP contribution in [0.1, 0.15) is 30.3 Å². The summed E-state index contributed by atoms with van der Waals surface area (Å²) in [5.74, 6) is 0. The van der Waals surface area contributed by atoms with Crippen molar-refractivity contribution in [2.75, 3.05) is 26.4 Å². The van der Waals surface area contributed by atoms with Crippen LogP contribution < -0.4 is 0 Å². The molecule has 0 amide bonds. The molecule has 0 aromatic carbocycles. The smallest absolute Gasteiger partial charge is 0.327 e. The average molecular weight is 356 g/mol. The summed E-state index contributed by atoms with van der Waals surface area (Å²) in [6.45, 7) is -5.08. The van der Waals surface area contributed by atoms with Crippen molar-refractivity contribution in [1.82, 2.24) is 0 Å². The Kier molecular flexibility index (Phi) is 5.62. The third kappa shape index (κ3) is 5.22. The Morgan fingerprint density at radius 3 is 3.00 bits per heavy atom. The third-order valence-electron chi connectivity index (χ3n) is 3.18. The summed E-state index contributed by atoms with van der Waals surface area (Å²) in [5, 5.41) is 18.5. The van der Waals surface area contributed by atoms with Gasteiger partial charge in [0.1, 0.15) is 6.10 Å². The Labute approximate surface area is 139 Å². The van der Waals surface area contributed by atoms with E-state index in [-0.39, 0.29) is 39.4 Å². The summed E-state index contributed by atoms with van der Waals surface area (Å²) in [6.07, 6.45) is -2.21.